The Bertz CT molecular complexity index is 638. The first-order valence-electron chi connectivity index (χ1n) is 6.45. The Morgan fingerprint density at radius 3 is 3.00 bits per heavy atom. The molecule has 5 nitrogen and oxygen atoms in total. The number of thiophene rings is 1. The van der Waals surface area contributed by atoms with Gasteiger partial charge in [0.05, 0.1) is 18.3 Å². The van der Waals surface area contributed by atoms with Gasteiger partial charge in [-0.1, -0.05) is 15.9 Å². The normalized spacial score (nSPS) is 12.5. The Labute approximate surface area is 135 Å². The van der Waals surface area contributed by atoms with Gasteiger partial charge in [-0.3, -0.25) is 4.79 Å². The summed E-state index contributed by atoms with van der Waals surface area (Å²) in [7, 11) is 1.56. The second-order valence-electron chi connectivity index (χ2n) is 4.62. The van der Waals surface area contributed by atoms with E-state index in [-0.39, 0.29) is 18.6 Å². The highest BCUT2D eigenvalue weighted by Crippen LogP contribution is 2.35. The van der Waals surface area contributed by atoms with E-state index >= 15 is 0 Å². The number of methoxy groups -OCH3 is 1. The number of nitrogens with one attached hydrogen (secondary N) is 1. The predicted molar refractivity (Wildman–Crippen MR) is 88.8 cm³/mol. The summed E-state index contributed by atoms with van der Waals surface area (Å²) in [6.45, 7) is 0.339. The van der Waals surface area contributed by atoms with E-state index in [9.17, 15) is 4.79 Å². The van der Waals surface area contributed by atoms with E-state index in [0.717, 1.165) is 14.6 Å². The van der Waals surface area contributed by atoms with Crippen molar-refractivity contribution in [3.8, 4) is 0 Å². The number of ether oxygens (including phenoxy) is 1. The van der Waals surface area contributed by atoms with Gasteiger partial charge in [-0.05, 0) is 24.6 Å². The maximum atomic E-state index is 12.4. The van der Waals surface area contributed by atoms with Crippen molar-refractivity contribution < 1.29 is 14.6 Å². The van der Waals surface area contributed by atoms with Gasteiger partial charge >= 0.3 is 0 Å². The molecule has 1 amide bonds. The molecule has 2 aromatic rings. The van der Waals surface area contributed by atoms with Gasteiger partial charge in [-0.2, -0.15) is 0 Å². The number of aliphatic hydroxyl groups is 1. The summed E-state index contributed by atoms with van der Waals surface area (Å²) in [4.78, 5) is 12.8. The van der Waals surface area contributed by atoms with E-state index in [4.69, 9.17) is 15.6 Å². The predicted octanol–water partition coefficient (Wildman–Crippen LogP) is 2.37. The van der Waals surface area contributed by atoms with Gasteiger partial charge in [0.2, 0.25) is 0 Å². The number of hydrogen-bond acceptors (Lipinski definition) is 5. The first-order valence-corrected chi connectivity index (χ1v) is 8.06. The zero-order chi connectivity index (χ0) is 15.4. The van der Waals surface area contributed by atoms with Crippen LogP contribution in [0.25, 0.3) is 10.1 Å². The van der Waals surface area contributed by atoms with Crippen LogP contribution in [0.5, 0.6) is 0 Å². The summed E-state index contributed by atoms with van der Waals surface area (Å²) in [5.74, 6) is -0.236. The van der Waals surface area contributed by atoms with E-state index in [2.05, 4.69) is 21.2 Å². The average molecular weight is 373 g/mol. The molecule has 0 aliphatic carbocycles. The highest BCUT2D eigenvalue weighted by atomic mass is 79.9. The van der Waals surface area contributed by atoms with Gasteiger partial charge < -0.3 is 20.9 Å². The molecule has 1 atom stereocenters. The highest BCUT2D eigenvalue weighted by molar-refractivity contribution is 9.10. The molecular formula is C14H17BrN2O3S. The fourth-order valence-corrected chi connectivity index (χ4v) is 3.43. The van der Waals surface area contributed by atoms with Crippen LogP contribution >= 0.6 is 27.3 Å². The van der Waals surface area contributed by atoms with Crippen molar-refractivity contribution in [1.82, 2.24) is 5.32 Å². The van der Waals surface area contributed by atoms with E-state index in [0.29, 0.717) is 23.6 Å². The maximum absolute atomic E-state index is 12.4. The number of rotatable bonds is 6. The van der Waals surface area contributed by atoms with Crippen molar-refractivity contribution in [3.63, 3.8) is 0 Å². The molecule has 0 bridgehead atoms. The van der Waals surface area contributed by atoms with Gasteiger partial charge in [-0.15, -0.1) is 11.3 Å². The first kappa shape index (κ1) is 16.2. The van der Waals surface area contributed by atoms with Crippen molar-refractivity contribution in [3.05, 3.63) is 27.5 Å². The lowest BCUT2D eigenvalue weighted by atomic mass is 10.2. The molecule has 0 spiro atoms. The third-order valence-corrected chi connectivity index (χ3v) is 4.75. The molecule has 1 heterocycles. The minimum absolute atomic E-state index is 0.0108. The summed E-state index contributed by atoms with van der Waals surface area (Å²) in [5, 5.41) is 12.7. The third-order valence-electron chi connectivity index (χ3n) is 3.08. The third kappa shape index (κ3) is 3.74. The Morgan fingerprint density at radius 2 is 2.33 bits per heavy atom. The van der Waals surface area contributed by atoms with E-state index in [1.54, 1.807) is 7.11 Å². The summed E-state index contributed by atoms with van der Waals surface area (Å²) >= 11 is 4.76. The Hall–Kier alpha value is -1.15. The van der Waals surface area contributed by atoms with Gasteiger partial charge in [0.15, 0.2) is 0 Å². The van der Waals surface area contributed by atoms with Crippen LogP contribution in [-0.2, 0) is 4.74 Å². The number of hydrogen-bond donors (Lipinski definition) is 3. The summed E-state index contributed by atoms with van der Waals surface area (Å²) in [5.41, 5.74) is 6.56. The standard InChI is InChI=1S/C14H17BrN2O3S/c1-20-7-9(4-5-18)17-14(19)13-12(16)10-6-8(15)2-3-11(10)21-13/h2-3,6,9,18H,4-5,7,16H2,1H3,(H,17,19). The molecule has 4 N–H and O–H groups in total. The molecule has 0 aliphatic heterocycles. The van der Waals surface area contributed by atoms with Gasteiger partial charge in [-0.25, -0.2) is 0 Å². The first-order chi connectivity index (χ1) is 10.1. The fourth-order valence-electron chi connectivity index (χ4n) is 2.06. The number of benzene rings is 1. The molecule has 0 saturated carbocycles. The zero-order valence-corrected chi connectivity index (χ0v) is 14.0. The Morgan fingerprint density at radius 1 is 1.57 bits per heavy atom. The number of carbonyl (C=O) groups is 1. The second-order valence-corrected chi connectivity index (χ2v) is 6.59. The molecular weight excluding hydrogens is 356 g/mol. The summed E-state index contributed by atoms with van der Waals surface area (Å²) in [6, 6.07) is 5.51. The van der Waals surface area contributed by atoms with Crippen molar-refractivity contribution in [2.24, 2.45) is 0 Å². The lowest BCUT2D eigenvalue weighted by Gasteiger charge is -2.16. The molecule has 1 aromatic carbocycles. The van der Waals surface area contributed by atoms with Crippen LogP contribution in [0.15, 0.2) is 22.7 Å². The quantitative estimate of drug-likeness (QED) is 0.726. The second kappa shape index (κ2) is 7.22. The topological polar surface area (TPSA) is 84.6 Å². The Balaban J connectivity index is 2.24. The molecule has 0 saturated heterocycles. The molecule has 0 fully saturated rings. The molecule has 0 aliphatic rings. The number of amides is 1. The largest absolute Gasteiger partial charge is 0.397 e. The van der Waals surface area contributed by atoms with Crippen LogP contribution in [0.3, 0.4) is 0 Å². The maximum Gasteiger partial charge on any atom is 0.263 e. The number of halogens is 1. The number of aliphatic hydroxyl groups excluding tert-OH is 1. The number of nitrogen functional groups attached to an aromatic ring is 1. The lowest BCUT2D eigenvalue weighted by Crippen LogP contribution is -2.38. The van der Waals surface area contributed by atoms with Crippen LogP contribution in [0.4, 0.5) is 5.69 Å². The minimum atomic E-state index is -0.236. The van der Waals surface area contributed by atoms with Gasteiger partial charge in [0.1, 0.15) is 4.88 Å². The summed E-state index contributed by atoms with van der Waals surface area (Å²) < 4.78 is 6.92. The van der Waals surface area contributed by atoms with Gasteiger partial charge in [0, 0.05) is 28.3 Å². The van der Waals surface area contributed by atoms with Crippen molar-refractivity contribution in [1.29, 1.82) is 0 Å². The van der Waals surface area contributed by atoms with E-state index < -0.39 is 0 Å². The summed E-state index contributed by atoms with van der Waals surface area (Å²) in [6.07, 6.45) is 0.440. The van der Waals surface area contributed by atoms with Crippen LogP contribution in [-0.4, -0.2) is 37.4 Å². The molecule has 21 heavy (non-hydrogen) atoms. The van der Waals surface area contributed by atoms with E-state index in [1.807, 2.05) is 18.2 Å². The number of anilines is 1. The van der Waals surface area contributed by atoms with Crippen molar-refractivity contribution in [2.75, 3.05) is 26.1 Å². The molecule has 2 rings (SSSR count). The van der Waals surface area contributed by atoms with Crippen LogP contribution < -0.4 is 11.1 Å². The van der Waals surface area contributed by atoms with Crippen LogP contribution in [0.2, 0.25) is 0 Å². The Kier molecular flexibility index (Phi) is 5.58. The fraction of sp³-hybridized carbons (Fsp3) is 0.357. The molecule has 0 radical (unpaired) electrons. The monoisotopic (exact) mass is 372 g/mol. The van der Waals surface area contributed by atoms with Crippen molar-refractivity contribution >= 4 is 48.9 Å². The van der Waals surface area contributed by atoms with Gasteiger partial charge in [0.25, 0.3) is 5.91 Å². The highest BCUT2D eigenvalue weighted by Gasteiger charge is 2.19. The number of fused-ring (bicyclic) bond motifs is 1. The number of carbonyl (C=O) groups excluding carboxylic acids is 1. The molecule has 7 heteroatoms. The molecule has 114 valence electrons. The van der Waals surface area contributed by atoms with E-state index in [1.165, 1.54) is 11.3 Å². The SMILES string of the molecule is COCC(CCO)NC(=O)c1sc2ccc(Br)cc2c1N. The smallest absolute Gasteiger partial charge is 0.263 e. The van der Waals surface area contributed by atoms with Crippen molar-refractivity contribution in [2.45, 2.75) is 12.5 Å². The average Bonchev–Trinajstić information content (AvgIpc) is 2.77. The minimum Gasteiger partial charge on any atom is -0.397 e. The molecule has 1 unspecified atom stereocenters. The zero-order valence-electron chi connectivity index (χ0n) is 11.6. The lowest BCUT2D eigenvalue weighted by molar-refractivity contribution is 0.0883. The number of nitrogens with two attached hydrogens (primary N) is 1. The molecule has 1 aromatic heterocycles. The van der Waals surface area contributed by atoms with Crippen LogP contribution in [0, 0.1) is 0 Å². The van der Waals surface area contributed by atoms with Crippen LogP contribution in [0.1, 0.15) is 16.1 Å².